The van der Waals surface area contributed by atoms with E-state index >= 15 is 0 Å². The van der Waals surface area contributed by atoms with Gasteiger partial charge in [-0.15, -0.1) is 0 Å². The predicted octanol–water partition coefficient (Wildman–Crippen LogP) is 2.17. The number of nitrogens with one attached hydrogen (secondary N) is 2. The van der Waals surface area contributed by atoms with Gasteiger partial charge in [-0.3, -0.25) is 14.4 Å². The fraction of sp³-hybridized carbons (Fsp3) is 0.800. The first-order chi connectivity index (χ1) is 18.1. The molecule has 248 valence electrons. The molecule has 0 unspecified atom stereocenters. The van der Waals surface area contributed by atoms with Crippen LogP contribution in [0.15, 0.2) is 12.2 Å². The second kappa shape index (κ2) is 25.3. The van der Waals surface area contributed by atoms with Crippen molar-refractivity contribution < 1.29 is 37.2 Å². The quantitative estimate of drug-likeness (QED) is 0.0796. The van der Waals surface area contributed by atoms with Crippen LogP contribution in [0.3, 0.4) is 0 Å². The molecule has 0 aliphatic rings. The van der Waals surface area contributed by atoms with E-state index in [1.807, 2.05) is 14.0 Å². The molecule has 1 amide bonds. The van der Waals surface area contributed by atoms with Gasteiger partial charge in [-0.1, -0.05) is 19.6 Å². The molecule has 0 fully saturated rings. The first-order valence-corrected chi connectivity index (χ1v) is 25.5. The lowest BCUT2D eigenvalue weighted by Gasteiger charge is -2.34. The summed E-state index contributed by atoms with van der Waals surface area (Å²) in [7, 11) is -1.27. The average Bonchev–Trinajstić information content (AvgIpc) is 2.83. The lowest BCUT2D eigenvalue weighted by Crippen LogP contribution is -2.55. The van der Waals surface area contributed by atoms with E-state index in [9.17, 15) is 14.4 Å². The topological polar surface area (TPSA) is 184 Å². The molecule has 16 heteroatoms. The summed E-state index contributed by atoms with van der Waals surface area (Å²) in [5.41, 5.74) is 12.1. The van der Waals surface area contributed by atoms with Gasteiger partial charge in [0.25, 0.3) is 0 Å². The van der Waals surface area contributed by atoms with Crippen molar-refractivity contribution in [1.82, 2.24) is 10.6 Å². The zero-order valence-electron chi connectivity index (χ0n) is 27.4. The fourth-order valence-corrected chi connectivity index (χ4v) is 17.7. The lowest BCUT2D eigenvalue weighted by atomic mass is 10.2. The van der Waals surface area contributed by atoms with Crippen LogP contribution in [0, 0.1) is 0 Å². The van der Waals surface area contributed by atoms with Crippen molar-refractivity contribution in [3.63, 3.8) is 0 Å². The predicted molar refractivity (Wildman–Crippen MR) is 180 cm³/mol. The van der Waals surface area contributed by atoms with Crippen LogP contribution >= 0.6 is 0 Å². The Bertz CT molecular complexity index is 712. The molecule has 7 N–H and O–H groups in total. The number of nitrogens with two attached hydrogens (primary N) is 2. The van der Waals surface area contributed by atoms with Gasteiger partial charge >= 0.3 is 11.9 Å². The normalized spacial score (nSPS) is 11.0. The van der Waals surface area contributed by atoms with Gasteiger partial charge in [0.2, 0.25) is 5.91 Å². The number of hydrogen-bond donors (Lipinski definition) is 5. The molecule has 0 radical (unpaired) electrons. The molecule has 0 rings (SSSR count). The van der Waals surface area contributed by atoms with E-state index in [-0.39, 0.29) is 19.8 Å². The number of esters is 2. The molecule has 12 nitrogen and oxygen atoms in total. The molecule has 0 atom stereocenters. The van der Waals surface area contributed by atoms with Crippen LogP contribution in [0.5, 0.6) is 0 Å². The summed E-state index contributed by atoms with van der Waals surface area (Å²) in [4.78, 5) is 32.1. The second-order valence-electron chi connectivity index (χ2n) is 11.4. The zero-order valence-corrected chi connectivity index (χ0v) is 31.4. The Morgan fingerprint density at radius 2 is 1.07 bits per heavy atom. The highest BCUT2D eigenvalue weighted by Crippen LogP contribution is 2.13. The van der Waals surface area contributed by atoms with Crippen LogP contribution in [0.25, 0.3) is 0 Å². The summed E-state index contributed by atoms with van der Waals surface area (Å²) in [5, 5.41) is 13.1. The second-order valence-corrected chi connectivity index (χ2v) is 28.7. The lowest BCUT2D eigenvalue weighted by molar-refractivity contribution is -0.151. The minimum Gasteiger partial charge on any atom is -0.469 e. The molecule has 0 aromatic carbocycles. The summed E-state index contributed by atoms with van der Waals surface area (Å²) in [6, 6.07) is 0. The van der Waals surface area contributed by atoms with Gasteiger partial charge in [0.1, 0.15) is 6.42 Å². The maximum Gasteiger partial charge on any atom is 0.316 e. The van der Waals surface area contributed by atoms with Crippen molar-refractivity contribution in [1.29, 1.82) is 0 Å². The number of carbonyl (C=O) groups is 3. The largest absolute Gasteiger partial charge is 0.469 e. The first-order valence-electron chi connectivity index (χ1n) is 13.1. The molecule has 0 aromatic heterocycles. The highest BCUT2D eigenvalue weighted by molar-refractivity contribution is 6.85. The third kappa shape index (κ3) is 34.9. The molecule has 0 aromatic rings. The van der Waals surface area contributed by atoms with Gasteiger partial charge in [0.15, 0.2) is 33.3 Å². The van der Waals surface area contributed by atoms with E-state index in [0.29, 0.717) is 24.9 Å². The molecule has 0 spiro atoms. The molecule has 0 aliphatic heterocycles. The van der Waals surface area contributed by atoms with Crippen LogP contribution in [0.2, 0.25) is 52.4 Å². The molecule has 0 saturated carbocycles. The van der Waals surface area contributed by atoms with E-state index in [1.165, 1.54) is 14.2 Å². The van der Waals surface area contributed by atoms with Gasteiger partial charge in [-0.05, 0) is 66.3 Å². The number of carbonyl (C=O) groups excluding carboxylic acids is 3. The van der Waals surface area contributed by atoms with Crippen LogP contribution in [-0.2, 0) is 32.1 Å². The van der Waals surface area contributed by atoms with Crippen molar-refractivity contribution in [3.05, 3.63) is 12.2 Å². The summed E-state index contributed by atoms with van der Waals surface area (Å²) < 4.78 is 20.6. The summed E-state index contributed by atoms with van der Waals surface area (Å²) in [5.74, 6) is -1.12. The highest BCUT2D eigenvalue weighted by Gasteiger charge is 2.33. The third-order valence-electron chi connectivity index (χ3n) is 4.61. The van der Waals surface area contributed by atoms with Crippen molar-refractivity contribution in [2.45, 2.75) is 79.6 Å². The highest BCUT2D eigenvalue weighted by atomic mass is 28.4. The molecular weight excluding hydrogens is 597 g/mol. The first kappa shape index (κ1) is 49.5. The van der Waals surface area contributed by atoms with Crippen molar-refractivity contribution >= 4 is 51.1 Å². The van der Waals surface area contributed by atoms with Crippen LogP contribution < -0.4 is 22.1 Å². The molecule has 41 heavy (non-hydrogen) atoms. The maximum absolute atomic E-state index is 11.6. The zero-order chi connectivity index (χ0) is 32.8. The Morgan fingerprint density at radius 3 is 1.37 bits per heavy atom. The van der Waals surface area contributed by atoms with Crippen molar-refractivity contribution in [2.24, 2.45) is 11.5 Å². The van der Waals surface area contributed by atoms with Gasteiger partial charge < -0.3 is 44.9 Å². The molecule has 0 saturated heterocycles. The Morgan fingerprint density at radius 1 is 0.732 bits per heavy atom. The van der Waals surface area contributed by atoms with E-state index in [4.69, 9.17) is 24.8 Å². The van der Waals surface area contributed by atoms with Crippen LogP contribution in [0.4, 0.5) is 0 Å². The van der Waals surface area contributed by atoms with Gasteiger partial charge in [-0.2, -0.15) is 0 Å². The Kier molecular flexibility index (Phi) is 30.5. The summed E-state index contributed by atoms with van der Waals surface area (Å²) in [6.45, 7) is 22.9. The Hall–Kier alpha value is -1.22. The smallest absolute Gasteiger partial charge is 0.316 e. The molecule has 0 aliphatic carbocycles. The standard InChI is InChI=1S/C12H28N2O2Si2.C6H20N2OSi2.C5H8O4.CH4O.CH4/c1-11(2)8-12(15)14-10-18(6,7)16-17(4,5)9-13-3;1-10(2,5-7)9-11(3,4)6-8;1-8-4(6)3-5(7)9-2;1-2;/h13H,1,8-10H2,2-7H3,(H,14,15);5-8H2,1-4H3;3H2,1-2H3;2H,1H3;1H4. The SMILES string of the molecule is C.C=C(C)CC(=O)NC[Si](C)(C)O[Si](C)(C)CNC.CO.COC(=O)CC(=O)OC.C[Si](C)(CN)O[Si](C)(C)CN. The van der Waals surface area contributed by atoms with Crippen molar-refractivity contribution in [2.75, 3.05) is 53.0 Å². The van der Waals surface area contributed by atoms with Gasteiger partial charge in [-0.25, -0.2) is 0 Å². The maximum atomic E-state index is 11.6. The van der Waals surface area contributed by atoms with Gasteiger partial charge in [0, 0.05) is 38.2 Å². The minimum atomic E-state index is -1.83. The number of amides is 1. The molecule has 0 heterocycles. The van der Waals surface area contributed by atoms with Crippen LogP contribution in [0.1, 0.15) is 27.2 Å². The Labute approximate surface area is 254 Å². The van der Waals surface area contributed by atoms with E-state index in [2.05, 4.69) is 79.1 Å². The number of rotatable bonds is 14. The molecular formula is C25H64N4O8Si4. The Balaban J connectivity index is -0.000000162. The average molecular weight is 661 g/mol. The fourth-order valence-electron chi connectivity index (χ4n) is 2.99. The van der Waals surface area contributed by atoms with Crippen molar-refractivity contribution in [3.8, 4) is 0 Å². The monoisotopic (exact) mass is 660 g/mol. The molecule has 0 bridgehead atoms. The number of ether oxygens (including phenoxy) is 2. The summed E-state index contributed by atoms with van der Waals surface area (Å²) in [6.07, 6.45) is 3.06. The third-order valence-corrected chi connectivity index (χ3v) is 17.6. The van der Waals surface area contributed by atoms with Crippen LogP contribution in [-0.4, -0.2) is 109 Å². The van der Waals surface area contributed by atoms with Gasteiger partial charge in [0.05, 0.1) is 14.2 Å². The number of hydrogen-bond acceptors (Lipinski definition) is 11. The van der Waals surface area contributed by atoms with E-state index in [1.54, 1.807) is 0 Å². The summed E-state index contributed by atoms with van der Waals surface area (Å²) >= 11 is 0. The minimum absolute atomic E-state index is 0. The number of methoxy groups -OCH3 is 2. The van der Waals surface area contributed by atoms with E-state index < -0.39 is 45.2 Å². The number of aliphatic hydroxyl groups is 1. The van der Waals surface area contributed by atoms with E-state index in [0.717, 1.165) is 18.9 Å². The number of aliphatic hydroxyl groups excluding tert-OH is 1.